The fraction of sp³-hybridized carbons (Fsp3) is 0.286. The summed E-state index contributed by atoms with van der Waals surface area (Å²) in [6.07, 6.45) is -0.911. The van der Waals surface area contributed by atoms with Crippen molar-refractivity contribution in [2.75, 3.05) is 20.3 Å². The van der Waals surface area contributed by atoms with Gasteiger partial charge in [-0.1, -0.05) is 18.2 Å². The van der Waals surface area contributed by atoms with Gasteiger partial charge in [-0.25, -0.2) is 0 Å². The van der Waals surface area contributed by atoms with E-state index in [0.29, 0.717) is 30.3 Å². The first kappa shape index (κ1) is 13.9. The molecule has 0 fully saturated rings. The zero-order valence-corrected chi connectivity index (χ0v) is 11.3. The molecule has 1 aromatic carbocycles. The van der Waals surface area contributed by atoms with Gasteiger partial charge in [-0.15, -0.1) is 0 Å². The normalized spacial score (nSPS) is 12.4. The second-order valence-electron chi connectivity index (χ2n) is 3.92. The van der Waals surface area contributed by atoms with Crippen LogP contribution in [0.4, 0.5) is 0 Å². The second kappa shape index (κ2) is 6.61. The van der Waals surface area contributed by atoms with E-state index in [4.69, 9.17) is 25.5 Å². The average molecular weight is 283 g/mol. The Morgan fingerprint density at radius 1 is 1.21 bits per heavy atom. The van der Waals surface area contributed by atoms with Gasteiger partial charge >= 0.3 is 0 Å². The lowest BCUT2D eigenvalue weighted by molar-refractivity contribution is 0.140. The minimum Gasteiger partial charge on any atom is -0.491 e. The number of hydrogen-bond donors (Lipinski definition) is 1. The van der Waals surface area contributed by atoms with Crippen LogP contribution in [0, 0.1) is 0 Å². The summed E-state index contributed by atoms with van der Waals surface area (Å²) in [5.74, 6) is 0.979. The van der Waals surface area contributed by atoms with Gasteiger partial charge in [0.1, 0.15) is 24.2 Å². The van der Waals surface area contributed by atoms with E-state index in [2.05, 4.69) is 0 Å². The predicted octanol–water partition coefficient (Wildman–Crippen LogP) is 3.04. The fourth-order valence-electron chi connectivity index (χ4n) is 1.70. The summed E-state index contributed by atoms with van der Waals surface area (Å²) in [5.41, 5.74) is 0.629. The quantitative estimate of drug-likeness (QED) is 0.828. The molecule has 0 spiro atoms. The smallest absolute Gasteiger partial charge is 0.193 e. The van der Waals surface area contributed by atoms with E-state index >= 15 is 0 Å². The molecule has 1 unspecified atom stereocenters. The summed E-state index contributed by atoms with van der Waals surface area (Å²) in [4.78, 5) is 0. The van der Waals surface area contributed by atoms with E-state index in [0.717, 1.165) is 0 Å². The lowest BCUT2D eigenvalue weighted by Crippen LogP contribution is -2.08. The number of ether oxygens (including phenoxy) is 2. The molecular weight excluding hydrogens is 268 g/mol. The van der Waals surface area contributed by atoms with Crippen molar-refractivity contribution >= 4 is 11.6 Å². The van der Waals surface area contributed by atoms with Crippen molar-refractivity contribution in [2.24, 2.45) is 0 Å². The maximum absolute atomic E-state index is 10.3. The van der Waals surface area contributed by atoms with Crippen LogP contribution in [0.25, 0.3) is 0 Å². The molecule has 1 heterocycles. The third-order valence-corrected chi connectivity index (χ3v) is 2.83. The molecule has 4 nitrogen and oxygen atoms in total. The average Bonchev–Trinajstić information content (AvgIpc) is 2.85. The molecule has 0 saturated carbocycles. The van der Waals surface area contributed by atoms with Crippen molar-refractivity contribution in [3.8, 4) is 5.75 Å². The number of halogens is 1. The highest BCUT2D eigenvalue weighted by Crippen LogP contribution is 2.31. The molecule has 0 aliphatic heterocycles. The van der Waals surface area contributed by atoms with E-state index in [-0.39, 0.29) is 5.22 Å². The molecule has 0 saturated heterocycles. The molecule has 1 aromatic heterocycles. The van der Waals surface area contributed by atoms with Gasteiger partial charge in [-0.05, 0) is 29.8 Å². The summed E-state index contributed by atoms with van der Waals surface area (Å²) in [7, 11) is 1.61. The molecule has 1 N–H and O–H groups in total. The molecule has 2 rings (SSSR count). The second-order valence-corrected chi connectivity index (χ2v) is 4.30. The van der Waals surface area contributed by atoms with Crippen LogP contribution in [0.3, 0.4) is 0 Å². The minimum atomic E-state index is -0.911. The number of aliphatic hydroxyl groups excluding tert-OH is 1. The SMILES string of the molecule is COCCOc1ccccc1C(O)c1ccc(Cl)o1. The van der Waals surface area contributed by atoms with Crippen molar-refractivity contribution in [2.45, 2.75) is 6.10 Å². The van der Waals surface area contributed by atoms with Gasteiger partial charge in [-0.3, -0.25) is 0 Å². The van der Waals surface area contributed by atoms with Crippen molar-refractivity contribution in [1.82, 2.24) is 0 Å². The first-order chi connectivity index (χ1) is 9.22. The highest BCUT2D eigenvalue weighted by molar-refractivity contribution is 6.28. The predicted molar refractivity (Wildman–Crippen MR) is 71.6 cm³/mol. The maximum atomic E-state index is 10.3. The fourth-order valence-corrected chi connectivity index (χ4v) is 1.85. The van der Waals surface area contributed by atoms with Crippen LogP contribution < -0.4 is 4.74 Å². The summed E-state index contributed by atoms with van der Waals surface area (Å²) < 4.78 is 15.7. The van der Waals surface area contributed by atoms with Crippen LogP contribution in [-0.2, 0) is 4.74 Å². The van der Waals surface area contributed by atoms with Crippen LogP contribution in [-0.4, -0.2) is 25.4 Å². The Labute approximate surface area is 116 Å². The zero-order chi connectivity index (χ0) is 13.7. The van der Waals surface area contributed by atoms with Gasteiger partial charge in [0.2, 0.25) is 0 Å². The molecule has 5 heteroatoms. The minimum absolute atomic E-state index is 0.242. The molecule has 1 atom stereocenters. The number of furan rings is 1. The van der Waals surface area contributed by atoms with Crippen molar-refractivity contribution in [3.63, 3.8) is 0 Å². The Morgan fingerprint density at radius 2 is 2.00 bits per heavy atom. The van der Waals surface area contributed by atoms with Gasteiger partial charge in [-0.2, -0.15) is 0 Å². The summed E-state index contributed by atoms with van der Waals surface area (Å²) in [6, 6.07) is 10.5. The van der Waals surface area contributed by atoms with Crippen molar-refractivity contribution in [1.29, 1.82) is 0 Å². The van der Waals surface area contributed by atoms with Gasteiger partial charge in [0.15, 0.2) is 5.22 Å². The summed E-state index contributed by atoms with van der Waals surface area (Å²) in [6.45, 7) is 0.899. The third-order valence-electron chi connectivity index (χ3n) is 2.62. The van der Waals surface area contributed by atoms with Gasteiger partial charge in [0.25, 0.3) is 0 Å². The van der Waals surface area contributed by atoms with Gasteiger partial charge < -0.3 is 19.0 Å². The molecule has 0 aliphatic carbocycles. The number of methoxy groups -OCH3 is 1. The van der Waals surface area contributed by atoms with Crippen LogP contribution in [0.15, 0.2) is 40.8 Å². The van der Waals surface area contributed by atoms with Crippen LogP contribution in [0.2, 0.25) is 5.22 Å². The number of rotatable bonds is 6. The summed E-state index contributed by atoms with van der Waals surface area (Å²) in [5, 5.41) is 10.5. The number of hydrogen-bond acceptors (Lipinski definition) is 4. The van der Waals surface area contributed by atoms with E-state index in [1.165, 1.54) is 0 Å². The molecule has 102 valence electrons. The van der Waals surface area contributed by atoms with Gasteiger partial charge in [0, 0.05) is 12.7 Å². The molecule has 19 heavy (non-hydrogen) atoms. The molecule has 2 aromatic rings. The van der Waals surface area contributed by atoms with E-state index in [9.17, 15) is 5.11 Å². The Bertz CT molecular complexity index is 524. The first-order valence-corrected chi connectivity index (χ1v) is 6.24. The molecule has 0 aliphatic rings. The molecule has 0 radical (unpaired) electrons. The lowest BCUT2D eigenvalue weighted by atomic mass is 10.1. The third kappa shape index (κ3) is 3.50. The largest absolute Gasteiger partial charge is 0.491 e. The van der Waals surface area contributed by atoms with E-state index in [1.54, 1.807) is 31.4 Å². The maximum Gasteiger partial charge on any atom is 0.193 e. The first-order valence-electron chi connectivity index (χ1n) is 5.86. The molecule has 0 bridgehead atoms. The number of benzene rings is 1. The monoisotopic (exact) mass is 282 g/mol. The highest BCUT2D eigenvalue weighted by Gasteiger charge is 2.18. The van der Waals surface area contributed by atoms with Crippen molar-refractivity contribution in [3.05, 3.63) is 52.9 Å². The Morgan fingerprint density at radius 3 is 2.68 bits per heavy atom. The zero-order valence-electron chi connectivity index (χ0n) is 10.5. The van der Waals surface area contributed by atoms with E-state index < -0.39 is 6.10 Å². The van der Waals surface area contributed by atoms with Crippen LogP contribution in [0.1, 0.15) is 17.4 Å². The molecule has 0 amide bonds. The Balaban J connectivity index is 2.18. The number of aliphatic hydroxyl groups is 1. The Hall–Kier alpha value is -1.49. The Kier molecular flexibility index (Phi) is 4.85. The molecular formula is C14H15ClO4. The standard InChI is InChI=1S/C14H15ClO4/c1-17-8-9-18-11-5-3-2-4-10(11)14(16)12-6-7-13(15)19-12/h2-7,14,16H,8-9H2,1H3. The van der Waals surface area contributed by atoms with Crippen LogP contribution in [0.5, 0.6) is 5.75 Å². The van der Waals surface area contributed by atoms with E-state index in [1.807, 2.05) is 12.1 Å². The highest BCUT2D eigenvalue weighted by atomic mass is 35.5. The van der Waals surface area contributed by atoms with Crippen LogP contribution >= 0.6 is 11.6 Å². The summed E-state index contributed by atoms with van der Waals surface area (Å²) >= 11 is 5.71. The van der Waals surface area contributed by atoms with Crippen molar-refractivity contribution < 1.29 is 19.0 Å². The topological polar surface area (TPSA) is 51.8 Å². The lowest BCUT2D eigenvalue weighted by Gasteiger charge is -2.14. The number of para-hydroxylation sites is 1. The van der Waals surface area contributed by atoms with Gasteiger partial charge in [0.05, 0.1) is 6.61 Å².